The van der Waals surface area contributed by atoms with Crippen LogP contribution in [0.25, 0.3) is 22.6 Å². The number of rotatable bonds is 5. The zero-order valence-electron chi connectivity index (χ0n) is 15.2. The number of aromatic nitrogens is 1. The van der Waals surface area contributed by atoms with Crippen molar-refractivity contribution in [3.8, 4) is 22.6 Å². The molecule has 0 saturated heterocycles. The summed E-state index contributed by atoms with van der Waals surface area (Å²) < 4.78 is 6.22. The van der Waals surface area contributed by atoms with Gasteiger partial charge in [-0.2, -0.15) is 0 Å². The molecule has 27 heavy (non-hydrogen) atoms. The fourth-order valence-corrected chi connectivity index (χ4v) is 3.23. The quantitative estimate of drug-likeness (QED) is 0.492. The molecule has 3 nitrogen and oxygen atoms in total. The Labute approximate surface area is 159 Å². The number of hydrogen-bond donors (Lipinski definition) is 1. The highest BCUT2D eigenvalue weighted by Gasteiger charge is 2.25. The van der Waals surface area contributed by atoms with Crippen molar-refractivity contribution in [2.24, 2.45) is 5.73 Å². The van der Waals surface area contributed by atoms with Crippen LogP contribution in [-0.4, -0.2) is 4.98 Å². The predicted octanol–water partition coefficient (Wildman–Crippen LogP) is 5.81. The van der Waals surface area contributed by atoms with E-state index >= 15 is 0 Å². The smallest absolute Gasteiger partial charge is 0.213 e. The van der Waals surface area contributed by atoms with Gasteiger partial charge >= 0.3 is 0 Å². The molecule has 0 aliphatic carbocycles. The minimum atomic E-state index is -0.327. The lowest BCUT2D eigenvalue weighted by molar-refractivity contribution is 0.427. The van der Waals surface area contributed by atoms with Gasteiger partial charge in [0.05, 0.1) is 6.04 Å². The molecule has 3 heteroatoms. The van der Waals surface area contributed by atoms with Crippen LogP contribution in [0.4, 0.5) is 0 Å². The molecule has 0 radical (unpaired) electrons. The van der Waals surface area contributed by atoms with E-state index in [9.17, 15) is 0 Å². The van der Waals surface area contributed by atoms with Crippen molar-refractivity contribution in [2.75, 3.05) is 0 Å². The van der Waals surface area contributed by atoms with Crippen LogP contribution in [0.15, 0.2) is 95.4 Å². The second-order valence-corrected chi connectivity index (χ2v) is 6.69. The topological polar surface area (TPSA) is 52.0 Å². The molecule has 2 unspecified atom stereocenters. The lowest BCUT2D eigenvalue weighted by Gasteiger charge is -2.17. The molecule has 0 saturated carbocycles. The van der Waals surface area contributed by atoms with Gasteiger partial charge in [0.15, 0.2) is 5.76 Å². The van der Waals surface area contributed by atoms with E-state index in [1.54, 1.807) is 0 Å². The fourth-order valence-electron chi connectivity index (χ4n) is 3.23. The first-order chi connectivity index (χ1) is 13.2. The van der Waals surface area contributed by atoms with Crippen LogP contribution in [0.5, 0.6) is 0 Å². The van der Waals surface area contributed by atoms with Crippen molar-refractivity contribution < 1.29 is 4.42 Å². The van der Waals surface area contributed by atoms with Gasteiger partial charge in [-0.05, 0) is 5.56 Å². The van der Waals surface area contributed by atoms with Crippen LogP contribution in [0, 0.1) is 0 Å². The molecule has 134 valence electrons. The third-order valence-corrected chi connectivity index (χ3v) is 4.88. The Kier molecular flexibility index (Phi) is 4.86. The molecule has 0 aliphatic heterocycles. The van der Waals surface area contributed by atoms with E-state index in [-0.39, 0.29) is 12.0 Å². The average Bonchev–Trinajstić information content (AvgIpc) is 3.20. The van der Waals surface area contributed by atoms with Crippen molar-refractivity contribution in [3.63, 3.8) is 0 Å². The highest BCUT2D eigenvalue weighted by atomic mass is 16.4. The molecule has 1 aromatic heterocycles. The van der Waals surface area contributed by atoms with Crippen LogP contribution < -0.4 is 5.73 Å². The first-order valence-electron chi connectivity index (χ1n) is 9.16. The molecule has 3 aromatic carbocycles. The predicted molar refractivity (Wildman–Crippen MR) is 109 cm³/mol. The van der Waals surface area contributed by atoms with Crippen molar-refractivity contribution >= 4 is 0 Å². The zero-order chi connectivity index (χ0) is 18.6. The van der Waals surface area contributed by atoms with Crippen molar-refractivity contribution in [2.45, 2.75) is 18.9 Å². The summed E-state index contributed by atoms with van der Waals surface area (Å²) in [6, 6.07) is 30.0. The lowest BCUT2D eigenvalue weighted by Crippen LogP contribution is -2.18. The minimum Gasteiger partial charge on any atom is -0.438 e. The molecule has 4 aromatic rings. The highest BCUT2D eigenvalue weighted by molar-refractivity contribution is 5.76. The van der Waals surface area contributed by atoms with Crippen LogP contribution in [0.3, 0.4) is 0 Å². The van der Waals surface area contributed by atoms with Crippen LogP contribution in [-0.2, 0) is 0 Å². The van der Waals surface area contributed by atoms with Gasteiger partial charge in [0.1, 0.15) is 5.69 Å². The maximum absolute atomic E-state index is 6.55. The Morgan fingerprint density at radius 3 is 1.85 bits per heavy atom. The van der Waals surface area contributed by atoms with E-state index in [1.165, 1.54) is 5.56 Å². The van der Waals surface area contributed by atoms with Crippen LogP contribution >= 0.6 is 0 Å². The van der Waals surface area contributed by atoms with E-state index in [4.69, 9.17) is 15.1 Å². The Bertz CT molecular complexity index is 938. The molecule has 0 amide bonds. The summed E-state index contributed by atoms with van der Waals surface area (Å²) in [6.45, 7) is 2.11. The summed E-state index contributed by atoms with van der Waals surface area (Å²) in [5.41, 5.74) is 10.6. The second-order valence-electron chi connectivity index (χ2n) is 6.69. The molecule has 0 aliphatic rings. The number of hydrogen-bond acceptors (Lipinski definition) is 3. The first-order valence-corrected chi connectivity index (χ1v) is 9.16. The van der Waals surface area contributed by atoms with Gasteiger partial charge in [0.2, 0.25) is 5.89 Å². The Morgan fingerprint density at radius 2 is 1.26 bits per heavy atom. The monoisotopic (exact) mass is 354 g/mol. The summed E-state index contributed by atoms with van der Waals surface area (Å²) in [6.07, 6.45) is 0. The number of nitrogens with zero attached hydrogens (tertiary/aromatic N) is 1. The molecule has 1 heterocycles. The van der Waals surface area contributed by atoms with E-state index in [0.717, 1.165) is 22.6 Å². The van der Waals surface area contributed by atoms with Gasteiger partial charge in [0, 0.05) is 17.0 Å². The van der Waals surface area contributed by atoms with Gasteiger partial charge in [-0.25, -0.2) is 4.98 Å². The molecule has 0 fully saturated rings. The summed E-state index contributed by atoms with van der Waals surface area (Å²) in [5, 5.41) is 0. The van der Waals surface area contributed by atoms with E-state index < -0.39 is 0 Å². The Morgan fingerprint density at radius 1 is 0.741 bits per heavy atom. The van der Waals surface area contributed by atoms with E-state index in [2.05, 4.69) is 19.1 Å². The molecular weight excluding hydrogens is 332 g/mol. The minimum absolute atomic E-state index is 0.0945. The van der Waals surface area contributed by atoms with Gasteiger partial charge in [0.25, 0.3) is 0 Å². The molecular formula is C24H22N2O. The standard InChI is InChI=1S/C24H22N2O/c1-17(18-11-5-2-6-12-18)21(25)24-26-22(19-13-7-3-8-14-19)23(27-24)20-15-9-4-10-16-20/h2-17,21H,25H2,1H3. The average molecular weight is 354 g/mol. The first kappa shape index (κ1) is 17.3. The SMILES string of the molecule is CC(c1ccccc1)C(N)c1nc(-c2ccccc2)c(-c2ccccc2)o1. The normalized spacial score (nSPS) is 13.3. The summed E-state index contributed by atoms with van der Waals surface area (Å²) >= 11 is 0. The van der Waals surface area contributed by atoms with Crippen molar-refractivity contribution in [1.29, 1.82) is 0 Å². The number of benzene rings is 3. The Balaban J connectivity index is 1.77. The summed E-state index contributed by atoms with van der Waals surface area (Å²) in [4.78, 5) is 4.81. The van der Waals surface area contributed by atoms with E-state index in [1.807, 2.05) is 78.9 Å². The van der Waals surface area contributed by atoms with Crippen molar-refractivity contribution in [3.05, 3.63) is 102 Å². The van der Waals surface area contributed by atoms with Gasteiger partial charge in [-0.15, -0.1) is 0 Å². The fraction of sp³-hybridized carbons (Fsp3) is 0.125. The molecule has 2 atom stereocenters. The molecule has 4 rings (SSSR count). The molecule has 0 spiro atoms. The molecule has 0 bridgehead atoms. The lowest BCUT2D eigenvalue weighted by atomic mass is 9.94. The maximum atomic E-state index is 6.55. The third-order valence-electron chi connectivity index (χ3n) is 4.88. The summed E-state index contributed by atoms with van der Waals surface area (Å²) in [5.74, 6) is 1.41. The highest BCUT2D eigenvalue weighted by Crippen LogP contribution is 2.36. The van der Waals surface area contributed by atoms with Crippen LogP contribution in [0.2, 0.25) is 0 Å². The number of nitrogens with two attached hydrogens (primary N) is 1. The van der Waals surface area contributed by atoms with Gasteiger partial charge in [-0.3, -0.25) is 0 Å². The van der Waals surface area contributed by atoms with Gasteiger partial charge < -0.3 is 10.2 Å². The summed E-state index contributed by atoms with van der Waals surface area (Å²) in [7, 11) is 0. The van der Waals surface area contributed by atoms with Crippen molar-refractivity contribution in [1.82, 2.24) is 4.98 Å². The van der Waals surface area contributed by atoms with E-state index in [0.29, 0.717) is 5.89 Å². The third kappa shape index (κ3) is 3.55. The molecule has 2 N–H and O–H groups in total. The Hall–Kier alpha value is -3.17. The maximum Gasteiger partial charge on any atom is 0.213 e. The van der Waals surface area contributed by atoms with Crippen LogP contribution in [0.1, 0.15) is 30.3 Å². The zero-order valence-corrected chi connectivity index (χ0v) is 15.2. The van der Waals surface area contributed by atoms with Gasteiger partial charge in [-0.1, -0.05) is 97.9 Å². The second kappa shape index (κ2) is 7.60. The largest absolute Gasteiger partial charge is 0.438 e. The number of oxazole rings is 1.